The second kappa shape index (κ2) is 6.59. The van der Waals surface area contributed by atoms with Crippen molar-refractivity contribution in [2.75, 3.05) is 11.0 Å². The Balaban J connectivity index is 1.65. The largest absolute Gasteiger partial charge is 0.346 e. The van der Waals surface area contributed by atoms with Gasteiger partial charge in [-0.2, -0.15) is 0 Å². The minimum atomic E-state index is -3.31. The molecule has 1 atom stereocenters. The number of carbonyl (C=O) groups is 1. The summed E-state index contributed by atoms with van der Waals surface area (Å²) < 4.78 is 25.1. The van der Waals surface area contributed by atoms with Gasteiger partial charge < -0.3 is 5.32 Å². The number of benzene rings is 1. The van der Waals surface area contributed by atoms with Gasteiger partial charge in [-0.05, 0) is 62.1 Å². The van der Waals surface area contributed by atoms with E-state index in [2.05, 4.69) is 10.0 Å². The molecule has 24 heavy (non-hydrogen) atoms. The molecule has 0 aliphatic heterocycles. The van der Waals surface area contributed by atoms with E-state index in [1.807, 2.05) is 13.0 Å². The van der Waals surface area contributed by atoms with Crippen LogP contribution in [-0.4, -0.2) is 20.6 Å². The van der Waals surface area contributed by atoms with Crippen molar-refractivity contribution in [3.8, 4) is 0 Å². The molecule has 0 heterocycles. The van der Waals surface area contributed by atoms with Gasteiger partial charge in [-0.3, -0.25) is 9.52 Å². The average molecular weight is 348 g/mol. The lowest BCUT2D eigenvalue weighted by molar-refractivity contribution is -0.117. The van der Waals surface area contributed by atoms with Gasteiger partial charge >= 0.3 is 0 Å². The molecule has 0 radical (unpaired) electrons. The number of carbonyl (C=O) groups excluding carboxylic acids is 1. The first-order chi connectivity index (χ1) is 11.3. The smallest absolute Gasteiger partial charge is 0.244 e. The number of hydrogen-bond acceptors (Lipinski definition) is 3. The van der Waals surface area contributed by atoms with Crippen LogP contribution < -0.4 is 10.0 Å². The Morgan fingerprint density at radius 2 is 1.83 bits per heavy atom. The number of hydrogen-bond donors (Lipinski definition) is 2. The maximum absolute atomic E-state index is 12.3. The maximum atomic E-state index is 12.3. The zero-order valence-electron chi connectivity index (χ0n) is 14.1. The molecule has 1 aromatic rings. The molecule has 1 aromatic carbocycles. The van der Waals surface area contributed by atoms with Gasteiger partial charge in [-0.15, -0.1) is 0 Å². The van der Waals surface area contributed by atoms with Crippen LogP contribution in [0.4, 0.5) is 5.69 Å². The van der Waals surface area contributed by atoms with Crippen molar-refractivity contribution in [3.63, 3.8) is 0 Å². The third-order valence-corrected chi connectivity index (χ3v) is 5.05. The first-order valence-corrected chi connectivity index (χ1v) is 10.3. The number of anilines is 1. The van der Waals surface area contributed by atoms with Gasteiger partial charge in [0.2, 0.25) is 15.9 Å². The lowest BCUT2D eigenvalue weighted by Gasteiger charge is -2.15. The van der Waals surface area contributed by atoms with Crippen molar-refractivity contribution in [2.45, 2.75) is 38.6 Å². The van der Waals surface area contributed by atoms with Crippen LogP contribution in [0.1, 0.15) is 44.2 Å². The van der Waals surface area contributed by atoms with Gasteiger partial charge in [0.25, 0.3) is 0 Å². The van der Waals surface area contributed by atoms with Gasteiger partial charge in [-0.1, -0.05) is 17.7 Å². The topological polar surface area (TPSA) is 75.3 Å². The monoisotopic (exact) mass is 348 g/mol. The van der Waals surface area contributed by atoms with Gasteiger partial charge in [-0.25, -0.2) is 8.42 Å². The lowest BCUT2D eigenvalue weighted by atomic mass is 10.0. The average Bonchev–Trinajstić information content (AvgIpc) is 3.36. The van der Waals surface area contributed by atoms with Crippen LogP contribution in [0.2, 0.25) is 0 Å². The van der Waals surface area contributed by atoms with Crippen molar-refractivity contribution in [1.82, 2.24) is 5.32 Å². The maximum Gasteiger partial charge on any atom is 0.244 e. The summed E-state index contributed by atoms with van der Waals surface area (Å²) in [4.78, 5) is 12.3. The van der Waals surface area contributed by atoms with Gasteiger partial charge in [0.15, 0.2) is 0 Å². The Hall–Kier alpha value is -1.82. The highest BCUT2D eigenvalue weighted by atomic mass is 32.2. The normalized spacial score (nSPS) is 18.6. The van der Waals surface area contributed by atoms with E-state index in [0.29, 0.717) is 17.5 Å². The molecule has 0 aromatic heterocycles. The lowest BCUT2D eigenvalue weighted by Crippen LogP contribution is -2.25. The summed E-state index contributed by atoms with van der Waals surface area (Å²) in [5, 5.41) is 2.99. The summed E-state index contributed by atoms with van der Waals surface area (Å²) in [7, 11) is -3.31. The molecule has 2 aliphatic rings. The summed E-state index contributed by atoms with van der Waals surface area (Å²) >= 11 is 0. The van der Waals surface area contributed by atoms with Gasteiger partial charge in [0, 0.05) is 11.8 Å². The molecule has 2 N–H and O–H groups in total. The van der Waals surface area contributed by atoms with Crippen molar-refractivity contribution >= 4 is 21.6 Å². The Morgan fingerprint density at radius 1 is 1.21 bits per heavy atom. The van der Waals surface area contributed by atoms with Crippen LogP contribution in [0.5, 0.6) is 0 Å². The SMILES string of the molecule is C[C@@H](NC(=O)C=C(C1CC1)C1CC1)c1cccc(NS(C)(=O)=O)c1. The fourth-order valence-corrected chi connectivity index (χ4v) is 3.53. The highest BCUT2D eigenvalue weighted by Crippen LogP contribution is 2.48. The molecule has 0 spiro atoms. The Bertz CT molecular complexity index is 748. The van der Waals surface area contributed by atoms with Crippen LogP contribution in [0.3, 0.4) is 0 Å². The molecule has 0 bridgehead atoms. The van der Waals surface area contributed by atoms with E-state index in [0.717, 1.165) is 11.8 Å². The quantitative estimate of drug-likeness (QED) is 0.744. The molecule has 5 nitrogen and oxygen atoms in total. The highest BCUT2D eigenvalue weighted by molar-refractivity contribution is 7.92. The molecule has 2 fully saturated rings. The van der Waals surface area contributed by atoms with E-state index < -0.39 is 10.0 Å². The minimum absolute atomic E-state index is 0.0576. The molecular formula is C18H24N2O3S. The van der Waals surface area contributed by atoms with E-state index in [9.17, 15) is 13.2 Å². The Morgan fingerprint density at radius 3 is 2.38 bits per heavy atom. The third-order valence-electron chi connectivity index (χ3n) is 4.44. The van der Waals surface area contributed by atoms with Crippen molar-refractivity contribution in [2.24, 2.45) is 11.8 Å². The zero-order valence-corrected chi connectivity index (χ0v) is 14.9. The van der Waals surface area contributed by atoms with E-state index in [-0.39, 0.29) is 11.9 Å². The first-order valence-electron chi connectivity index (χ1n) is 8.41. The van der Waals surface area contributed by atoms with Crippen molar-refractivity contribution < 1.29 is 13.2 Å². The van der Waals surface area contributed by atoms with Gasteiger partial charge in [0.1, 0.15) is 0 Å². The molecule has 0 unspecified atom stereocenters. The van der Waals surface area contributed by atoms with Crippen LogP contribution in [0, 0.1) is 11.8 Å². The van der Waals surface area contributed by atoms with E-state index in [4.69, 9.17) is 0 Å². The minimum Gasteiger partial charge on any atom is -0.346 e. The first kappa shape index (κ1) is 17.0. The fourth-order valence-electron chi connectivity index (χ4n) is 2.98. The number of rotatable bonds is 7. The van der Waals surface area contributed by atoms with Crippen LogP contribution in [-0.2, 0) is 14.8 Å². The third kappa shape index (κ3) is 4.84. The van der Waals surface area contributed by atoms with Crippen molar-refractivity contribution in [1.29, 1.82) is 0 Å². The second-order valence-electron chi connectivity index (χ2n) is 6.92. The van der Waals surface area contributed by atoms with Crippen LogP contribution in [0.25, 0.3) is 0 Å². The predicted molar refractivity (Wildman–Crippen MR) is 95.0 cm³/mol. The number of nitrogens with one attached hydrogen (secondary N) is 2. The number of allylic oxidation sites excluding steroid dienone is 1. The fraction of sp³-hybridized carbons (Fsp3) is 0.500. The number of sulfonamides is 1. The van der Waals surface area contributed by atoms with E-state index >= 15 is 0 Å². The highest BCUT2D eigenvalue weighted by Gasteiger charge is 2.36. The summed E-state index contributed by atoms with van der Waals surface area (Å²) in [6.07, 6.45) is 7.76. The molecule has 2 aliphatic carbocycles. The summed E-state index contributed by atoms with van der Waals surface area (Å²) in [5.74, 6) is 1.19. The summed E-state index contributed by atoms with van der Waals surface area (Å²) in [6, 6.07) is 6.91. The standard InChI is InChI=1S/C18H24N2O3S/c1-12(15-4-3-5-16(10-15)20-24(2,22)23)19-18(21)11-17(13-6-7-13)14-8-9-14/h3-5,10-14,20H,6-9H2,1-2H3,(H,19,21)/t12-/m1/s1. The molecule has 6 heteroatoms. The van der Waals surface area contributed by atoms with Gasteiger partial charge in [0.05, 0.1) is 12.3 Å². The Labute approximate surface area is 143 Å². The van der Waals surface area contributed by atoms with Crippen LogP contribution in [0.15, 0.2) is 35.9 Å². The Kier molecular flexibility index (Phi) is 4.67. The molecule has 1 amide bonds. The summed E-state index contributed by atoms with van der Waals surface area (Å²) in [5.41, 5.74) is 2.69. The molecular weight excluding hydrogens is 324 g/mol. The van der Waals surface area contributed by atoms with Crippen molar-refractivity contribution in [3.05, 3.63) is 41.5 Å². The van der Waals surface area contributed by atoms with E-state index in [1.165, 1.54) is 31.3 Å². The summed E-state index contributed by atoms with van der Waals surface area (Å²) in [6.45, 7) is 1.90. The second-order valence-corrected chi connectivity index (χ2v) is 8.67. The molecule has 2 saturated carbocycles. The number of amides is 1. The predicted octanol–water partition coefficient (Wildman–Crippen LogP) is 2.98. The van der Waals surface area contributed by atoms with E-state index in [1.54, 1.807) is 24.3 Å². The molecule has 0 saturated heterocycles. The molecule has 3 rings (SSSR count). The zero-order chi connectivity index (χ0) is 17.3. The van der Waals surface area contributed by atoms with Crippen LogP contribution >= 0.6 is 0 Å². The molecule has 130 valence electrons.